The Bertz CT molecular complexity index is 1090. The van der Waals surface area contributed by atoms with Gasteiger partial charge in [0.15, 0.2) is 0 Å². The molecule has 0 saturated carbocycles. The largest absolute Gasteiger partial charge is 0.449 e. The molecule has 1 atom stereocenters. The van der Waals surface area contributed by atoms with Gasteiger partial charge in [0.05, 0.1) is 11.5 Å². The van der Waals surface area contributed by atoms with Crippen LogP contribution in [0.1, 0.15) is 50.7 Å². The van der Waals surface area contributed by atoms with Gasteiger partial charge < -0.3 is 21.1 Å². The number of ether oxygens (including phenoxy) is 1. The molecule has 1 aliphatic rings. The Balaban J connectivity index is 1.84. The highest BCUT2D eigenvalue weighted by Gasteiger charge is 2.48. The summed E-state index contributed by atoms with van der Waals surface area (Å²) in [5, 5.41) is 3.14. The van der Waals surface area contributed by atoms with Crippen LogP contribution in [0.5, 0.6) is 0 Å². The van der Waals surface area contributed by atoms with Gasteiger partial charge in [-0.2, -0.15) is 0 Å². The van der Waals surface area contributed by atoms with Gasteiger partial charge in [0.1, 0.15) is 6.61 Å². The number of rotatable bonds is 8. The predicted molar refractivity (Wildman–Crippen MR) is 141 cm³/mol. The predicted octanol–water partition coefficient (Wildman–Crippen LogP) is 4.07. The van der Waals surface area contributed by atoms with Crippen molar-refractivity contribution < 1.29 is 19.1 Å². The molecule has 1 aliphatic heterocycles. The summed E-state index contributed by atoms with van der Waals surface area (Å²) in [6.07, 6.45) is 1.02. The molecule has 0 spiro atoms. The van der Waals surface area contributed by atoms with Crippen LogP contribution >= 0.6 is 11.6 Å². The average Bonchev–Trinajstić information content (AvgIpc) is 2.84. The fourth-order valence-electron chi connectivity index (χ4n) is 4.76. The Morgan fingerprint density at radius 2 is 1.72 bits per heavy atom. The minimum absolute atomic E-state index is 0.0707. The van der Waals surface area contributed by atoms with E-state index in [0.717, 1.165) is 12.0 Å². The van der Waals surface area contributed by atoms with Gasteiger partial charge in [-0.3, -0.25) is 14.9 Å². The number of amides is 3. The van der Waals surface area contributed by atoms with Crippen molar-refractivity contribution in [2.24, 2.45) is 16.9 Å². The highest BCUT2D eigenvalue weighted by atomic mass is 35.5. The lowest BCUT2D eigenvalue weighted by Crippen LogP contribution is -2.56. The molecule has 0 aromatic heterocycles. The third-order valence-electron chi connectivity index (χ3n) is 6.81. The number of nitrogens with one attached hydrogen (secondary N) is 1. The van der Waals surface area contributed by atoms with E-state index < -0.39 is 28.9 Å². The summed E-state index contributed by atoms with van der Waals surface area (Å²) in [6, 6.07) is 14.5. The average molecular weight is 515 g/mol. The van der Waals surface area contributed by atoms with E-state index in [-0.39, 0.29) is 12.5 Å². The second-order valence-electron chi connectivity index (χ2n) is 9.98. The number of halogens is 1. The number of carbonyl (C=O) groups excluding carboxylic acids is 3. The van der Waals surface area contributed by atoms with Crippen molar-refractivity contribution in [3.8, 4) is 0 Å². The van der Waals surface area contributed by atoms with Crippen molar-refractivity contribution in [3.05, 3.63) is 64.7 Å². The van der Waals surface area contributed by atoms with Gasteiger partial charge in [0, 0.05) is 29.2 Å². The van der Waals surface area contributed by atoms with Crippen LogP contribution in [0.4, 0.5) is 10.5 Å². The van der Waals surface area contributed by atoms with E-state index in [1.807, 2.05) is 24.3 Å². The van der Waals surface area contributed by atoms with E-state index >= 15 is 0 Å². The van der Waals surface area contributed by atoms with Crippen molar-refractivity contribution in [1.82, 2.24) is 4.90 Å². The first kappa shape index (κ1) is 27.5. The second kappa shape index (κ2) is 11.3. The summed E-state index contributed by atoms with van der Waals surface area (Å²) < 4.78 is 5.67. The number of anilines is 1. The van der Waals surface area contributed by atoms with Crippen LogP contribution < -0.4 is 16.8 Å². The molecule has 2 aromatic rings. The zero-order chi connectivity index (χ0) is 26.5. The van der Waals surface area contributed by atoms with Crippen molar-refractivity contribution in [2.45, 2.75) is 51.5 Å². The first-order chi connectivity index (χ1) is 17.0. The maximum Gasteiger partial charge on any atom is 0.411 e. The van der Waals surface area contributed by atoms with Gasteiger partial charge in [-0.05, 0) is 62.4 Å². The molecule has 1 heterocycles. The molecule has 3 amide bonds. The van der Waals surface area contributed by atoms with Gasteiger partial charge in [-0.15, -0.1) is 0 Å². The number of likely N-dealkylation sites (tertiary alicyclic amines) is 1. The van der Waals surface area contributed by atoms with Crippen molar-refractivity contribution in [3.63, 3.8) is 0 Å². The molecule has 8 nitrogen and oxygen atoms in total. The molecular formula is C27H35ClN4O4. The van der Waals surface area contributed by atoms with Crippen molar-refractivity contribution >= 4 is 35.2 Å². The Hall–Kier alpha value is -3.10. The summed E-state index contributed by atoms with van der Waals surface area (Å²) in [7, 11) is 0. The Morgan fingerprint density at radius 1 is 1.11 bits per heavy atom. The molecule has 36 heavy (non-hydrogen) atoms. The van der Waals surface area contributed by atoms with E-state index in [4.69, 9.17) is 27.8 Å². The smallest absolute Gasteiger partial charge is 0.411 e. The lowest BCUT2D eigenvalue weighted by molar-refractivity contribution is -0.139. The molecule has 3 rings (SSSR count). The molecule has 1 fully saturated rings. The Kier molecular flexibility index (Phi) is 8.63. The molecule has 1 saturated heterocycles. The molecule has 194 valence electrons. The lowest BCUT2D eigenvalue weighted by atomic mass is 9.66. The zero-order valence-corrected chi connectivity index (χ0v) is 21.8. The molecule has 0 radical (unpaired) electrons. The maximum atomic E-state index is 12.8. The van der Waals surface area contributed by atoms with Crippen LogP contribution in [-0.4, -0.2) is 48.0 Å². The van der Waals surface area contributed by atoms with Crippen LogP contribution in [0, 0.1) is 5.41 Å². The van der Waals surface area contributed by atoms with Crippen LogP contribution in [0.3, 0.4) is 0 Å². The normalized spacial score (nSPS) is 16.2. The van der Waals surface area contributed by atoms with Crippen molar-refractivity contribution in [2.75, 3.05) is 25.0 Å². The number of hydrogen-bond acceptors (Lipinski definition) is 5. The summed E-state index contributed by atoms with van der Waals surface area (Å²) in [6.45, 7) is 5.99. The minimum atomic E-state index is -1.02. The SMILES string of the molecule is CCc1ccc(NC(=O)OCC2(C(C(N)=O)c3ccccc3Cl)CCN(C(=O)C(C)(C)N)CC2)cc1. The summed E-state index contributed by atoms with van der Waals surface area (Å²) >= 11 is 6.47. The number of piperidine rings is 1. The van der Waals surface area contributed by atoms with Gasteiger partial charge in [-0.25, -0.2) is 4.79 Å². The van der Waals surface area contributed by atoms with Crippen LogP contribution in [0.15, 0.2) is 48.5 Å². The number of primary amides is 1. The standard InChI is InChI=1S/C27H35ClN4O4/c1-4-18-9-11-19(12-10-18)31-25(35)36-17-27(13-15-32(16-14-27)24(34)26(2,3)30)22(23(29)33)20-7-5-6-8-21(20)28/h5-12,22H,4,13-17,30H2,1-3H3,(H2,29,33)(H,31,35). The lowest BCUT2D eigenvalue weighted by Gasteiger charge is -2.46. The molecule has 2 aromatic carbocycles. The fraction of sp³-hybridized carbons (Fsp3) is 0.444. The van der Waals surface area contributed by atoms with Crippen molar-refractivity contribution in [1.29, 1.82) is 0 Å². The summed E-state index contributed by atoms with van der Waals surface area (Å²) in [5.41, 5.74) is 12.4. The molecule has 9 heteroatoms. The molecule has 0 aliphatic carbocycles. The Labute approximate surface area is 217 Å². The molecule has 0 bridgehead atoms. The van der Waals surface area contributed by atoms with E-state index in [2.05, 4.69) is 12.2 Å². The van der Waals surface area contributed by atoms with Crippen LogP contribution in [0.25, 0.3) is 0 Å². The summed E-state index contributed by atoms with van der Waals surface area (Å²) in [4.78, 5) is 40.0. The number of carbonyl (C=O) groups is 3. The summed E-state index contributed by atoms with van der Waals surface area (Å²) in [5.74, 6) is -1.56. The van der Waals surface area contributed by atoms with E-state index in [1.165, 1.54) is 0 Å². The molecular weight excluding hydrogens is 480 g/mol. The van der Waals surface area contributed by atoms with E-state index in [9.17, 15) is 14.4 Å². The fourth-order valence-corrected chi connectivity index (χ4v) is 5.00. The highest BCUT2D eigenvalue weighted by molar-refractivity contribution is 6.31. The van der Waals surface area contributed by atoms with Gasteiger partial charge >= 0.3 is 6.09 Å². The number of benzene rings is 2. The number of nitrogens with zero attached hydrogens (tertiary/aromatic N) is 1. The van der Waals surface area contributed by atoms with E-state index in [0.29, 0.717) is 42.2 Å². The number of aryl methyl sites for hydroxylation is 1. The first-order valence-electron chi connectivity index (χ1n) is 12.1. The first-order valence-corrected chi connectivity index (χ1v) is 12.5. The number of hydrogen-bond donors (Lipinski definition) is 3. The Morgan fingerprint density at radius 3 is 2.25 bits per heavy atom. The van der Waals surface area contributed by atoms with Crippen LogP contribution in [0.2, 0.25) is 5.02 Å². The van der Waals surface area contributed by atoms with E-state index in [1.54, 1.807) is 43.0 Å². The second-order valence-corrected chi connectivity index (χ2v) is 10.4. The molecule has 5 N–H and O–H groups in total. The number of nitrogens with two attached hydrogens (primary N) is 2. The third kappa shape index (κ3) is 6.36. The van der Waals surface area contributed by atoms with Gasteiger partial charge in [0.2, 0.25) is 11.8 Å². The monoisotopic (exact) mass is 514 g/mol. The maximum absolute atomic E-state index is 12.8. The minimum Gasteiger partial charge on any atom is -0.449 e. The van der Waals surface area contributed by atoms with Gasteiger partial charge in [-0.1, -0.05) is 48.9 Å². The van der Waals surface area contributed by atoms with Gasteiger partial charge in [0.25, 0.3) is 0 Å². The third-order valence-corrected chi connectivity index (χ3v) is 7.15. The zero-order valence-electron chi connectivity index (χ0n) is 21.1. The highest BCUT2D eigenvalue weighted by Crippen LogP contribution is 2.46. The topological polar surface area (TPSA) is 128 Å². The van der Waals surface area contributed by atoms with Crippen LogP contribution in [-0.2, 0) is 20.7 Å². The quantitative estimate of drug-likeness (QED) is 0.489. The molecule has 1 unspecified atom stereocenters.